The first-order valence-corrected chi connectivity index (χ1v) is 6.07. The zero-order chi connectivity index (χ0) is 15.0. The number of carbonyl (C=O) groups is 3. The van der Waals surface area contributed by atoms with Crippen molar-refractivity contribution in [3.05, 3.63) is 30.3 Å². The first-order chi connectivity index (χ1) is 9.49. The molecule has 0 aliphatic rings. The molecule has 7 nitrogen and oxygen atoms in total. The lowest BCUT2D eigenvalue weighted by atomic mass is 10.3. The quantitative estimate of drug-likeness (QED) is 0.663. The summed E-state index contributed by atoms with van der Waals surface area (Å²) in [6.45, 7) is 1.48. The van der Waals surface area contributed by atoms with Crippen LogP contribution in [0, 0.1) is 0 Å². The number of para-hydroxylation sites is 1. The topological polar surface area (TPSA) is 111 Å². The summed E-state index contributed by atoms with van der Waals surface area (Å²) in [7, 11) is 0. The first kappa shape index (κ1) is 15.5. The largest absolute Gasteiger partial charge is 0.453 e. The van der Waals surface area contributed by atoms with Gasteiger partial charge in [0.05, 0.1) is 6.42 Å². The molecule has 4 N–H and O–H groups in total. The summed E-state index contributed by atoms with van der Waals surface area (Å²) in [6.07, 6.45) is -1.01. The number of carbonyl (C=O) groups excluding carboxylic acids is 3. The fraction of sp³-hybridized carbons (Fsp3) is 0.308. The number of esters is 1. The third-order valence-electron chi connectivity index (χ3n) is 2.36. The van der Waals surface area contributed by atoms with E-state index in [1.54, 1.807) is 24.3 Å². The molecule has 3 amide bonds. The van der Waals surface area contributed by atoms with Crippen LogP contribution in [0.3, 0.4) is 0 Å². The normalized spacial score (nSPS) is 11.2. The van der Waals surface area contributed by atoms with Crippen molar-refractivity contribution in [2.45, 2.75) is 19.4 Å². The lowest BCUT2D eigenvalue weighted by Gasteiger charge is -2.10. The Bertz CT molecular complexity index is 476. The fourth-order valence-corrected chi connectivity index (χ4v) is 1.29. The van der Waals surface area contributed by atoms with Gasteiger partial charge in [0.25, 0.3) is 5.91 Å². The molecule has 20 heavy (non-hydrogen) atoms. The average Bonchev–Trinajstić information content (AvgIpc) is 2.39. The number of ether oxygens (including phenoxy) is 1. The Kier molecular flexibility index (Phi) is 6.02. The Balaban J connectivity index is 2.22. The van der Waals surface area contributed by atoms with Gasteiger partial charge in [-0.2, -0.15) is 0 Å². The van der Waals surface area contributed by atoms with Crippen LogP contribution in [0.1, 0.15) is 13.3 Å². The molecular formula is C13H17N3O4. The predicted octanol–water partition coefficient (Wildman–Crippen LogP) is 0.615. The van der Waals surface area contributed by atoms with Gasteiger partial charge in [0.15, 0.2) is 6.10 Å². The predicted molar refractivity (Wildman–Crippen MR) is 72.8 cm³/mol. The number of hydrogen-bond donors (Lipinski definition) is 3. The van der Waals surface area contributed by atoms with Crippen molar-refractivity contribution in [1.29, 1.82) is 0 Å². The maximum Gasteiger partial charge on any atom is 0.319 e. The van der Waals surface area contributed by atoms with Gasteiger partial charge in [0, 0.05) is 12.2 Å². The van der Waals surface area contributed by atoms with Gasteiger partial charge in [-0.25, -0.2) is 4.79 Å². The number of primary amides is 1. The van der Waals surface area contributed by atoms with Crippen LogP contribution < -0.4 is 16.4 Å². The molecule has 0 fully saturated rings. The molecule has 0 radical (unpaired) electrons. The van der Waals surface area contributed by atoms with Crippen LogP contribution in [0.15, 0.2) is 30.3 Å². The minimum absolute atomic E-state index is 0.0418. The van der Waals surface area contributed by atoms with Crippen molar-refractivity contribution in [2.24, 2.45) is 5.73 Å². The molecule has 0 aliphatic heterocycles. The Morgan fingerprint density at radius 1 is 1.25 bits per heavy atom. The third-order valence-corrected chi connectivity index (χ3v) is 2.36. The molecule has 0 bridgehead atoms. The highest BCUT2D eigenvalue weighted by molar-refractivity contribution is 5.89. The van der Waals surface area contributed by atoms with Crippen LogP contribution in [0.2, 0.25) is 0 Å². The van der Waals surface area contributed by atoms with Crippen molar-refractivity contribution in [2.75, 3.05) is 11.9 Å². The van der Waals surface area contributed by atoms with Crippen LogP contribution >= 0.6 is 0 Å². The highest BCUT2D eigenvalue weighted by Gasteiger charge is 2.14. The molecule has 108 valence electrons. The lowest BCUT2D eigenvalue weighted by Crippen LogP contribution is -2.33. The van der Waals surface area contributed by atoms with Gasteiger partial charge in [-0.3, -0.25) is 9.59 Å². The van der Waals surface area contributed by atoms with Gasteiger partial charge < -0.3 is 21.1 Å². The lowest BCUT2D eigenvalue weighted by molar-refractivity contribution is -0.153. The van der Waals surface area contributed by atoms with Gasteiger partial charge >= 0.3 is 12.0 Å². The molecule has 0 heterocycles. The average molecular weight is 279 g/mol. The molecule has 0 aliphatic carbocycles. The van der Waals surface area contributed by atoms with E-state index < -0.39 is 24.0 Å². The van der Waals surface area contributed by atoms with E-state index in [4.69, 9.17) is 10.5 Å². The molecule has 0 spiro atoms. The highest BCUT2D eigenvalue weighted by Crippen LogP contribution is 2.04. The molecule has 0 aromatic heterocycles. The molecule has 1 aromatic rings. The highest BCUT2D eigenvalue weighted by atomic mass is 16.5. The van der Waals surface area contributed by atoms with Crippen molar-refractivity contribution in [1.82, 2.24) is 5.32 Å². The number of nitrogens with two attached hydrogens (primary N) is 1. The summed E-state index contributed by atoms with van der Waals surface area (Å²) in [5.41, 5.74) is 5.60. The number of nitrogens with one attached hydrogen (secondary N) is 2. The monoisotopic (exact) mass is 279 g/mol. The summed E-state index contributed by atoms with van der Waals surface area (Å²) in [5, 5.41) is 5.10. The van der Waals surface area contributed by atoms with E-state index in [2.05, 4.69) is 10.6 Å². The number of benzene rings is 1. The number of urea groups is 1. The van der Waals surface area contributed by atoms with Crippen molar-refractivity contribution < 1.29 is 19.1 Å². The Morgan fingerprint density at radius 3 is 2.50 bits per heavy atom. The standard InChI is InChI=1S/C13H17N3O4/c1-9(12(14)18)20-11(17)7-8-15-13(19)16-10-5-3-2-4-6-10/h2-6,9H,7-8H2,1H3,(H2,14,18)(H2,15,16,19)/t9-/m0/s1. The fourth-order valence-electron chi connectivity index (χ4n) is 1.29. The maximum atomic E-state index is 11.5. The zero-order valence-electron chi connectivity index (χ0n) is 11.1. The second kappa shape index (κ2) is 7.78. The summed E-state index contributed by atoms with van der Waals surface area (Å²) in [4.78, 5) is 33.5. The second-order valence-corrected chi connectivity index (χ2v) is 4.03. The Hall–Kier alpha value is -2.57. The molecule has 1 atom stereocenters. The minimum atomic E-state index is -0.972. The molecule has 1 aromatic carbocycles. The molecule has 0 unspecified atom stereocenters. The number of rotatable bonds is 6. The van der Waals surface area contributed by atoms with Gasteiger partial charge in [-0.05, 0) is 19.1 Å². The summed E-state index contributed by atoms with van der Waals surface area (Å²) in [5.74, 6) is -1.32. The van der Waals surface area contributed by atoms with Gasteiger partial charge in [0.1, 0.15) is 0 Å². The van der Waals surface area contributed by atoms with Crippen LogP contribution in [-0.2, 0) is 14.3 Å². The molecule has 0 saturated carbocycles. The maximum absolute atomic E-state index is 11.5. The summed E-state index contributed by atoms with van der Waals surface area (Å²) >= 11 is 0. The molecule has 1 rings (SSSR count). The van der Waals surface area contributed by atoms with E-state index in [9.17, 15) is 14.4 Å². The van der Waals surface area contributed by atoms with E-state index in [0.717, 1.165) is 0 Å². The Morgan fingerprint density at radius 2 is 1.90 bits per heavy atom. The molecule has 7 heteroatoms. The molecule has 0 saturated heterocycles. The summed E-state index contributed by atoms with van der Waals surface area (Å²) < 4.78 is 4.73. The summed E-state index contributed by atoms with van der Waals surface area (Å²) in [6, 6.07) is 8.46. The van der Waals surface area contributed by atoms with Crippen molar-refractivity contribution in [3.8, 4) is 0 Å². The molecular weight excluding hydrogens is 262 g/mol. The van der Waals surface area contributed by atoms with Crippen molar-refractivity contribution in [3.63, 3.8) is 0 Å². The van der Waals surface area contributed by atoms with Crippen LogP contribution in [0.5, 0.6) is 0 Å². The van der Waals surface area contributed by atoms with E-state index in [1.165, 1.54) is 6.92 Å². The van der Waals surface area contributed by atoms with Gasteiger partial charge in [-0.15, -0.1) is 0 Å². The third kappa shape index (κ3) is 5.85. The van der Waals surface area contributed by atoms with E-state index in [1.807, 2.05) is 6.07 Å². The Labute approximate surface area is 116 Å². The van der Waals surface area contributed by atoms with Crippen LogP contribution in [0.25, 0.3) is 0 Å². The smallest absolute Gasteiger partial charge is 0.319 e. The van der Waals surface area contributed by atoms with Crippen LogP contribution in [-0.4, -0.2) is 30.6 Å². The van der Waals surface area contributed by atoms with E-state index >= 15 is 0 Å². The van der Waals surface area contributed by atoms with Crippen LogP contribution in [0.4, 0.5) is 10.5 Å². The number of anilines is 1. The van der Waals surface area contributed by atoms with Crippen molar-refractivity contribution >= 4 is 23.6 Å². The minimum Gasteiger partial charge on any atom is -0.453 e. The SMILES string of the molecule is C[C@H](OC(=O)CCNC(=O)Nc1ccccc1)C(N)=O. The van der Waals surface area contributed by atoms with E-state index in [0.29, 0.717) is 5.69 Å². The van der Waals surface area contributed by atoms with E-state index in [-0.39, 0.29) is 13.0 Å². The number of hydrogen-bond acceptors (Lipinski definition) is 4. The van der Waals surface area contributed by atoms with Gasteiger partial charge in [0.2, 0.25) is 0 Å². The second-order valence-electron chi connectivity index (χ2n) is 4.03. The van der Waals surface area contributed by atoms with Gasteiger partial charge in [-0.1, -0.05) is 18.2 Å². The number of amides is 3. The first-order valence-electron chi connectivity index (χ1n) is 6.07. The zero-order valence-corrected chi connectivity index (χ0v) is 11.1.